The highest BCUT2D eigenvalue weighted by Gasteiger charge is 2.13. The Hall–Kier alpha value is -4.05. The summed E-state index contributed by atoms with van der Waals surface area (Å²) in [5.74, 6) is -0.529. The van der Waals surface area contributed by atoms with E-state index < -0.39 is 12.2 Å². The van der Waals surface area contributed by atoms with Gasteiger partial charge < -0.3 is 16.2 Å². The maximum absolute atomic E-state index is 13.5. The van der Waals surface area contributed by atoms with Gasteiger partial charge in [-0.2, -0.15) is 4.99 Å². The van der Waals surface area contributed by atoms with Gasteiger partial charge in [0.25, 0.3) is 6.43 Å². The second kappa shape index (κ2) is 14.5. The molecule has 0 fully saturated rings. The normalized spacial score (nSPS) is 13.8. The summed E-state index contributed by atoms with van der Waals surface area (Å²) in [6, 6.07) is 8.34. The van der Waals surface area contributed by atoms with Crippen molar-refractivity contribution in [3.05, 3.63) is 101 Å². The minimum atomic E-state index is -2.72. The van der Waals surface area contributed by atoms with Crippen molar-refractivity contribution in [3.63, 3.8) is 0 Å². The van der Waals surface area contributed by atoms with Crippen LogP contribution in [0.5, 0.6) is 0 Å². The molecule has 0 bridgehead atoms. The third kappa shape index (κ3) is 10.2. The first-order valence-corrected chi connectivity index (χ1v) is 11.4. The molecule has 0 saturated heterocycles. The highest BCUT2D eigenvalue weighted by Crippen LogP contribution is 2.20. The highest BCUT2D eigenvalue weighted by molar-refractivity contribution is 6.07. The van der Waals surface area contributed by atoms with E-state index in [0.717, 1.165) is 0 Å². The van der Waals surface area contributed by atoms with Crippen LogP contribution in [-0.4, -0.2) is 36.0 Å². The van der Waals surface area contributed by atoms with Crippen molar-refractivity contribution in [3.8, 4) is 0 Å². The minimum absolute atomic E-state index is 0.0485. The van der Waals surface area contributed by atoms with Gasteiger partial charge in [-0.05, 0) is 75.0 Å². The van der Waals surface area contributed by atoms with Crippen LogP contribution in [0.15, 0.2) is 87.8 Å². The molecule has 10 heteroatoms. The number of aromatic nitrogens is 1. The first-order valence-electron chi connectivity index (χ1n) is 11.4. The predicted molar refractivity (Wildman–Crippen MR) is 142 cm³/mol. The number of ether oxygens (including phenoxy) is 1. The molecule has 2 rings (SSSR count). The third-order valence-corrected chi connectivity index (χ3v) is 4.90. The lowest BCUT2D eigenvalue weighted by atomic mass is 10.0. The Bertz CT molecular complexity index is 1200. The van der Waals surface area contributed by atoms with Gasteiger partial charge in [0.2, 0.25) is 11.8 Å². The maximum Gasteiger partial charge on any atom is 0.280 e. The number of hydrogen-bond donors (Lipinski definition) is 2. The Morgan fingerprint density at radius 3 is 2.51 bits per heavy atom. The van der Waals surface area contributed by atoms with E-state index in [4.69, 9.17) is 16.2 Å². The molecule has 1 aromatic heterocycles. The Morgan fingerprint density at radius 1 is 1.19 bits per heavy atom. The van der Waals surface area contributed by atoms with Crippen molar-refractivity contribution in [1.29, 1.82) is 0 Å². The quantitative estimate of drug-likeness (QED) is 0.134. The lowest BCUT2D eigenvalue weighted by Gasteiger charge is -2.10. The lowest BCUT2D eigenvalue weighted by molar-refractivity contribution is 0.146. The third-order valence-electron chi connectivity index (χ3n) is 4.90. The number of allylic oxidation sites excluding steroid dienone is 2. The van der Waals surface area contributed by atoms with Gasteiger partial charge in [0.1, 0.15) is 11.5 Å². The van der Waals surface area contributed by atoms with E-state index in [-0.39, 0.29) is 36.6 Å². The molecule has 0 aliphatic heterocycles. The number of aryl methyl sites for hydroxylation is 1. The van der Waals surface area contributed by atoms with Crippen LogP contribution in [0.4, 0.5) is 13.2 Å². The van der Waals surface area contributed by atoms with E-state index >= 15 is 0 Å². The molecular weight excluding hydrogens is 481 g/mol. The summed E-state index contributed by atoms with van der Waals surface area (Å²) in [4.78, 5) is 16.1. The van der Waals surface area contributed by atoms with Gasteiger partial charge in [0.05, 0.1) is 18.0 Å². The van der Waals surface area contributed by atoms with E-state index in [9.17, 15) is 13.2 Å². The van der Waals surface area contributed by atoms with Crippen LogP contribution in [0.2, 0.25) is 0 Å². The number of nitrogens with zero attached hydrogens (tertiary/aromatic N) is 4. The molecule has 0 saturated carbocycles. The fraction of sp³-hybridized carbons (Fsp3) is 0.259. The first kappa shape index (κ1) is 29.2. The molecule has 0 radical (unpaired) electrons. The molecule has 1 heterocycles. The number of pyridine rings is 1. The molecule has 37 heavy (non-hydrogen) atoms. The largest absolute Gasteiger partial charge is 0.478 e. The van der Waals surface area contributed by atoms with Crippen LogP contribution in [0.25, 0.3) is 0 Å². The summed E-state index contributed by atoms with van der Waals surface area (Å²) >= 11 is 0. The van der Waals surface area contributed by atoms with Crippen molar-refractivity contribution < 1.29 is 17.9 Å². The average Bonchev–Trinajstić information content (AvgIpc) is 2.83. The number of benzene rings is 1. The van der Waals surface area contributed by atoms with E-state index in [2.05, 4.69) is 33.3 Å². The molecule has 0 aliphatic carbocycles. The Labute approximate surface area is 214 Å². The summed E-state index contributed by atoms with van der Waals surface area (Å²) < 4.78 is 45.4. The molecular formula is C27H31F3N6O. The van der Waals surface area contributed by atoms with E-state index in [1.54, 1.807) is 25.1 Å². The van der Waals surface area contributed by atoms with E-state index in [1.165, 1.54) is 30.3 Å². The lowest BCUT2D eigenvalue weighted by Crippen LogP contribution is -2.16. The van der Waals surface area contributed by atoms with Crippen molar-refractivity contribution >= 4 is 18.4 Å². The number of aliphatic imine (C=N–C) groups is 3. The Morgan fingerprint density at radius 2 is 1.89 bits per heavy atom. The monoisotopic (exact) mass is 512 g/mol. The summed E-state index contributed by atoms with van der Waals surface area (Å²) in [6.07, 6.45) is 3.42. The fourth-order valence-corrected chi connectivity index (χ4v) is 3.20. The van der Waals surface area contributed by atoms with Gasteiger partial charge in [0.15, 0.2) is 0 Å². The van der Waals surface area contributed by atoms with Crippen LogP contribution < -0.4 is 11.5 Å². The Balaban J connectivity index is 2.15. The van der Waals surface area contributed by atoms with E-state index in [0.29, 0.717) is 34.7 Å². The minimum Gasteiger partial charge on any atom is -0.478 e. The summed E-state index contributed by atoms with van der Waals surface area (Å²) in [6.45, 7) is 10.9. The van der Waals surface area contributed by atoms with Gasteiger partial charge in [0, 0.05) is 18.2 Å². The molecule has 1 atom stereocenters. The second-order valence-electron chi connectivity index (χ2n) is 8.05. The number of alkyl halides is 2. The van der Waals surface area contributed by atoms with Crippen molar-refractivity contribution in [1.82, 2.24) is 4.98 Å². The maximum atomic E-state index is 13.5. The number of rotatable bonds is 12. The van der Waals surface area contributed by atoms with Crippen LogP contribution in [-0.2, 0) is 11.2 Å². The van der Waals surface area contributed by atoms with Gasteiger partial charge in [-0.1, -0.05) is 24.3 Å². The van der Waals surface area contributed by atoms with Crippen LogP contribution >= 0.6 is 0 Å². The van der Waals surface area contributed by atoms with Crippen molar-refractivity contribution in [2.75, 3.05) is 6.61 Å². The second-order valence-corrected chi connectivity index (χ2v) is 8.05. The zero-order chi connectivity index (χ0) is 27.4. The molecule has 2 aromatic rings. The molecule has 4 N–H and O–H groups in total. The van der Waals surface area contributed by atoms with Gasteiger partial charge >= 0.3 is 0 Å². The van der Waals surface area contributed by atoms with Gasteiger partial charge in [-0.15, -0.1) is 0 Å². The van der Waals surface area contributed by atoms with E-state index in [1.807, 2.05) is 13.0 Å². The average molecular weight is 513 g/mol. The van der Waals surface area contributed by atoms with Gasteiger partial charge in [-0.3, -0.25) is 9.98 Å². The number of hydrogen-bond acceptors (Lipinski definition) is 5. The standard InChI is InChI=1S/C27H31F3N6O/c1-17-14-20(16-25(34-17)26(29)30)15-24(21-9-11-22(28)12-10-21)36-27(32)35-19(3)37-13-7-5-6-8-23(33-4)18(2)31/h5-6,8-12,14,16,18,26H,3-4,7,13,15,31H2,1-2H3,(H2,32,35)/b6-5-,23-8-,36-24+. The molecule has 0 aliphatic rings. The zero-order valence-corrected chi connectivity index (χ0v) is 20.9. The molecule has 1 unspecified atom stereocenters. The van der Waals surface area contributed by atoms with Crippen molar-refractivity contribution in [2.45, 2.75) is 39.2 Å². The number of halogens is 3. The topological polar surface area (TPSA) is 111 Å². The predicted octanol–water partition coefficient (Wildman–Crippen LogP) is 5.18. The summed E-state index contributed by atoms with van der Waals surface area (Å²) in [5.41, 5.74) is 14.0. The van der Waals surface area contributed by atoms with Crippen LogP contribution in [0.3, 0.4) is 0 Å². The molecule has 196 valence electrons. The molecule has 1 aromatic carbocycles. The molecule has 0 spiro atoms. The van der Waals surface area contributed by atoms with Crippen LogP contribution in [0, 0.1) is 12.7 Å². The van der Waals surface area contributed by atoms with Crippen LogP contribution in [0.1, 0.15) is 42.3 Å². The van der Waals surface area contributed by atoms with Gasteiger partial charge in [-0.25, -0.2) is 18.2 Å². The van der Waals surface area contributed by atoms with Crippen molar-refractivity contribution in [2.24, 2.45) is 26.4 Å². The fourth-order valence-electron chi connectivity index (χ4n) is 3.20. The first-order chi connectivity index (χ1) is 17.6. The number of guanidine groups is 1. The SMILES string of the molecule is C=N/C(=C\C=C/CCOC(=C)/N=C(N)\N=C(/Cc1cc(C)nc(C(F)F)c1)c1ccc(F)cc1)C(C)N. The highest BCUT2D eigenvalue weighted by atomic mass is 19.3. The zero-order valence-electron chi connectivity index (χ0n) is 20.9. The summed E-state index contributed by atoms with van der Waals surface area (Å²) in [5, 5.41) is 0. The summed E-state index contributed by atoms with van der Waals surface area (Å²) in [7, 11) is 0. The molecule has 7 nitrogen and oxygen atoms in total. The Kier molecular flexibility index (Phi) is 11.4. The molecule has 0 amide bonds. The number of nitrogens with two attached hydrogens (primary N) is 2. The smallest absolute Gasteiger partial charge is 0.280 e.